The van der Waals surface area contributed by atoms with Crippen molar-refractivity contribution < 1.29 is 14.5 Å². The van der Waals surface area contributed by atoms with E-state index in [1.165, 1.54) is 30.3 Å². The average molecular weight is 253 g/mol. The van der Waals surface area contributed by atoms with Crippen LogP contribution in [-0.4, -0.2) is 35.6 Å². The summed E-state index contributed by atoms with van der Waals surface area (Å²) in [6.07, 6.45) is 1.45. The summed E-state index contributed by atoms with van der Waals surface area (Å²) in [5.41, 5.74) is -0.130. The van der Waals surface area contributed by atoms with E-state index in [1.54, 1.807) is 0 Å². The van der Waals surface area contributed by atoms with Gasteiger partial charge in [0.05, 0.1) is 12.0 Å². The molecule has 0 aromatic carbocycles. The quantitative estimate of drug-likeness (QED) is 0.447. The highest BCUT2D eigenvalue weighted by molar-refractivity contribution is 5.76. The SMILES string of the molecule is COC(=O)CN(c1ncccc1[N+](=O)[O-])C(C)C. The van der Waals surface area contributed by atoms with Crippen LogP contribution in [0.15, 0.2) is 18.3 Å². The average Bonchev–Trinajstić information content (AvgIpc) is 2.35. The fourth-order valence-electron chi connectivity index (χ4n) is 1.46. The van der Waals surface area contributed by atoms with Gasteiger partial charge >= 0.3 is 11.7 Å². The first-order chi connectivity index (χ1) is 8.47. The minimum absolute atomic E-state index is 0.0774. The molecule has 98 valence electrons. The minimum Gasteiger partial charge on any atom is -0.468 e. The molecule has 18 heavy (non-hydrogen) atoms. The zero-order valence-electron chi connectivity index (χ0n) is 10.5. The standard InChI is InChI=1S/C11H15N3O4/c1-8(2)13(7-10(15)18-3)11-9(14(16)17)5-4-6-12-11/h4-6,8H,7H2,1-3H3. The lowest BCUT2D eigenvalue weighted by Crippen LogP contribution is -2.37. The van der Waals surface area contributed by atoms with Crippen molar-refractivity contribution in [2.24, 2.45) is 0 Å². The number of aromatic nitrogens is 1. The highest BCUT2D eigenvalue weighted by Gasteiger charge is 2.24. The first-order valence-corrected chi connectivity index (χ1v) is 5.40. The Morgan fingerprint density at radius 2 is 2.28 bits per heavy atom. The summed E-state index contributed by atoms with van der Waals surface area (Å²) in [6.45, 7) is 3.56. The summed E-state index contributed by atoms with van der Waals surface area (Å²) in [7, 11) is 1.27. The fraction of sp³-hybridized carbons (Fsp3) is 0.455. The van der Waals surface area contributed by atoms with E-state index in [4.69, 9.17) is 0 Å². The molecule has 0 fully saturated rings. The third-order valence-electron chi connectivity index (χ3n) is 2.39. The monoisotopic (exact) mass is 253 g/mol. The molecular formula is C11H15N3O4. The van der Waals surface area contributed by atoms with E-state index < -0.39 is 10.9 Å². The molecule has 1 aromatic rings. The molecule has 0 aliphatic carbocycles. The molecular weight excluding hydrogens is 238 g/mol. The summed E-state index contributed by atoms with van der Waals surface area (Å²) in [5, 5.41) is 10.9. The van der Waals surface area contributed by atoms with Gasteiger partial charge in [-0.2, -0.15) is 0 Å². The summed E-state index contributed by atoms with van der Waals surface area (Å²) >= 11 is 0. The molecule has 0 spiro atoms. The molecule has 0 bridgehead atoms. The number of carbonyl (C=O) groups excluding carboxylic acids is 1. The second-order valence-corrected chi connectivity index (χ2v) is 3.90. The van der Waals surface area contributed by atoms with Crippen LogP contribution in [0.4, 0.5) is 11.5 Å². The second kappa shape index (κ2) is 5.95. The Bertz CT molecular complexity index is 448. The molecule has 0 aliphatic rings. The molecule has 0 N–H and O–H groups in total. The number of carbonyl (C=O) groups is 1. The number of rotatable bonds is 5. The molecule has 0 aliphatic heterocycles. The molecule has 0 saturated heterocycles. The summed E-state index contributed by atoms with van der Waals surface area (Å²) in [6, 6.07) is 2.73. The van der Waals surface area contributed by atoms with Crippen LogP contribution >= 0.6 is 0 Å². The summed E-state index contributed by atoms with van der Waals surface area (Å²) in [4.78, 5) is 27.2. The Hall–Kier alpha value is -2.18. The predicted octanol–water partition coefficient (Wildman–Crippen LogP) is 1.38. The lowest BCUT2D eigenvalue weighted by molar-refractivity contribution is -0.384. The fourth-order valence-corrected chi connectivity index (χ4v) is 1.46. The maximum absolute atomic E-state index is 11.3. The lowest BCUT2D eigenvalue weighted by atomic mass is 10.2. The molecule has 0 amide bonds. The van der Waals surface area contributed by atoms with Crippen LogP contribution in [0, 0.1) is 10.1 Å². The first kappa shape index (κ1) is 13.9. The number of hydrogen-bond acceptors (Lipinski definition) is 6. The van der Waals surface area contributed by atoms with Crippen LogP contribution in [0.3, 0.4) is 0 Å². The van der Waals surface area contributed by atoms with Crippen molar-refractivity contribution >= 4 is 17.5 Å². The number of esters is 1. The van der Waals surface area contributed by atoms with E-state index in [2.05, 4.69) is 9.72 Å². The highest BCUT2D eigenvalue weighted by Crippen LogP contribution is 2.26. The van der Waals surface area contributed by atoms with Gasteiger partial charge in [0.2, 0.25) is 5.82 Å². The minimum atomic E-state index is -0.519. The van der Waals surface area contributed by atoms with Crippen LogP contribution in [0.5, 0.6) is 0 Å². The Kier molecular flexibility index (Phi) is 4.59. The van der Waals surface area contributed by atoms with E-state index in [1.807, 2.05) is 13.8 Å². The number of nitro groups is 1. The van der Waals surface area contributed by atoms with E-state index >= 15 is 0 Å². The number of ether oxygens (including phenoxy) is 1. The topological polar surface area (TPSA) is 85.6 Å². The van der Waals surface area contributed by atoms with Crippen LogP contribution < -0.4 is 4.90 Å². The van der Waals surface area contributed by atoms with Crippen molar-refractivity contribution in [3.05, 3.63) is 28.4 Å². The van der Waals surface area contributed by atoms with Crippen LogP contribution in [-0.2, 0) is 9.53 Å². The number of pyridine rings is 1. The van der Waals surface area contributed by atoms with Crippen LogP contribution in [0.2, 0.25) is 0 Å². The molecule has 1 heterocycles. The maximum atomic E-state index is 11.3. The van der Waals surface area contributed by atoms with Crippen molar-refractivity contribution in [1.29, 1.82) is 0 Å². The summed E-state index contributed by atoms with van der Waals surface area (Å²) < 4.78 is 4.57. The van der Waals surface area contributed by atoms with Gasteiger partial charge < -0.3 is 9.64 Å². The van der Waals surface area contributed by atoms with Gasteiger partial charge in [0.25, 0.3) is 0 Å². The molecule has 7 nitrogen and oxygen atoms in total. The normalized spacial score (nSPS) is 10.2. The van der Waals surface area contributed by atoms with Gasteiger partial charge in [0.15, 0.2) is 0 Å². The van der Waals surface area contributed by atoms with Crippen molar-refractivity contribution in [2.75, 3.05) is 18.6 Å². The zero-order valence-corrected chi connectivity index (χ0v) is 10.5. The van der Waals surface area contributed by atoms with Gasteiger partial charge in [0, 0.05) is 18.3 Å². The van der Waals surface area contributed by atoms with Gasteiger partial charge in [-0.3, -0.25) is 14.9 Å². The number of methoxy groups -OCH3 is 1. The number of nitrogens with zero attached hydrogens (tertiary/aromatic N) is 3. The van der Waals surface area contributed by atoms with Gasteiger partial charge in [-0.1, -0.05) is 0 Å². The van der Waals surface area contributed by atoms with E-state index in [0.717, 1.165) is 0 Å². The molecule has 0 saturated carbocycles. The zero-order chi connectivity index (χ0) is 13.7. The van der Waals surface area contributed by atoms with Gasteiger partial charge in [-0.25, -0.2) is 4.98 Å². The highest BCUT2D eigenvalue weighted by atomic mass is 16.6. The van der Waals surface area contributed by atoms with Crippen molar-refractivity contribution in [3.8, 4) is 0 Å². The van der Waals surface area contributed by atoms with Crippen LogP contribution in [0.1, 0.15) is 13.8 Å². The number of anilines is 1. The van der Waals surface area contributed by atoms with E-state index in [9.17, 15) is 14.9 Å². The smallest absolute Gasteiger partial charge is 0.325 e. The first-order valence-electron chi connectivity index (χ1n) is 5.40. The van der Waals surface area contributed by atoms with E-state index in [0.29, 0.717) is 0 Å². The maximum Gasteiger partial charge on any atom is 0.325 e. The third kappa shape index (κ3) is 3.16. The number of hydrogen-bond donors (Lipinski definition) is 0. The van der Waals surface area contributed by atoms with Gasteiger partial charge in [0.1, 0.15) is 6.54 Å². The Morgan fingerprint density at radius 3 is 2.78 bits per heavy atom. The predicted molar refractivity (Wildman–Crippen MR) is 65.4 cm³/mol. The molecule has 7 heteroatoms. The Morgan fingerprint density at radius 1 is 1.61 bits per heavy atom. The molecule has 0 radical (unpaired) electrons. The van der Waals surface area contributed by atoms with Crippen LogP contribution in [0.25, 0.3) is 0 Å². The van der Waals surface area contributed by atoms with Crippen molar-refractivity contribution in [1.82, 2.24) is 4.98 Å². The molecule has 1 rings (SSSR count). The second-order valence-electron chi connectivity index (χ2n) is 3.90. The third-order valence-corrected chi connectivity index (χ3v) is 2.39. The largest absolute Gasteiger partial charge is 0.468 e. The van der Waals surface area contributed by atoms with E-state index in [-0.39, 0.29) is 24.1 Å². The van der Waals surface area contributed by atoms with Gasteiger partial charge in [-0.15, -0.1) is 0 Å². The van der Waals surface area contributed by atoms with Crippen molar-refractivity contribution in [3.63, 3.8) is 0 Å². The van der Waals surface area contributed by atoms with Crippen molar-refractivity contribution in [2.45, 2.75) is 19.9 Å². The molecule has 0 atom stereocenters. The summed E-state index contributed by atoms with van der Waals surface area (Å²) in [5.74, 6) is -0.299. The molecule has 1 aromatic heterocycles. The Balaban J connectivity index is 3.13. The lowest BCUT2D eigenvalue weighted by Gasteiger charge is -2.25. The van der Waals surface area contributed by atoms with Gasteiger partial charge in [-0.05, 0) is 19.9 Å². The Labute approximate surface area is 105 Å². The molecule has 0 unspecified atom stereocenters.